The van der Waals surface area contributed by atoms with E-state index in [-0.39, 0.29) is 5.91 Å². The van der Waals surface area contributed by atoms with Crippen LogP contribution in [0.3, 0.4) is 0 Å². The third-order valence-electron chi connectivity index (χ3n) is 2.52. The average molecular weight is 245 g/mol. The molecule has 0 fully saturated rings. The summed E-state index contributed by atoms with van der Waals surface area (Å²) in [7, 11) is 0. The third-order valence-corrected chi connectivity index (χ3v) is 2.52. The maximum Gasteiger partial charge on any atom is 0.251 e. The molecule has 0 aliphatic heterocycles. The SMILES string of the molecule is C=COCCCNC(=O)c1ccc2nc[nH]c2c1. The predicted molar refractivity (Wildman–Crippen MR) is 69.2 cm³/mol. The van der Waals surface area contributed by atoms with E-state index < -0.39 is 0 Å². The van der Waals surface area contributed by atoms with Crippen molar-refractivity contribution < 1.29 is 9.53 Å². The molecule has 0 radical (unpaired) electrons. The summed E-state index contributed by atoms with van der Waals surface area (Å²) in [6, 6.07) is 5.37. The van der Waals surface area contributed by atoms with Gasteiger partial charge in [-0.15, -0.1) is 0 Å². The number of benzene rings is 1. The highest BCUT2D eigenvalue weighted by molar-refractivity contribution is 5.97. The van der Waals surface area contributed by atoms with Crippen LogP contribution in [-0.2, 0) is 4.74 Å². The highest BCUT2D eigenvalue weighted by atomic mass is 16.5. The number of carbonyl (C=O) groups excluding carboxylic acids is 1. The molecule has 0 saturated carbocycles. The zero-order valence-corrected chi connectivity index (χ0v) is 9.98. The number of hydrogen-bond donors (Lipinski definition) is 2. The normalized spacial score (nSPS) is 10.2. The molecule has 1 amide bonds. The molecular formula is C13H15N3O2. The van der Waals surface area contributed by atoms with Crippen molar-refractivity contribution in [3.8, 4) is 0 Å². The molecule has 0 aliphatic rings. The minimum Gasteiger partial charge on any atom is -0.502 e. The fraction of sp³-hybridized carbons (Fsp3) is 0.231. The number of aromatic amines is 1. The number of ether oxygens (including phenoxy) is 1. The second-order valence-electron chi connectivity index (χ2n) is 3.78. The Morgan fingerprint density at radius 2 is 2.44 bits per heavy atom. The number of amides is 1. The third kappa shape index (κ3) is 2.88. The van der Waals surface area contributed by atoms with Gasteiger partial charge in [0.05, 0.1) is 30.2 Å². The number of nitrogens with zero attached hydrogens (tertiary/aromatic N) is 1. The Hall–Kier alpha value is -2.30. The van der Waals surface area contributed by atoms with E-state index in [9.17, 15) is 4.79 Å². The van der Waals surface area contributed by atoms with Crippen molar-refractivity contribution in [2.24, 2.45) is 0 Å². The van der Waals surface area contributed by atoms with Crippen LogP contribution in [0.5, 0.6) is 0 Å². The topological polar surface area (TPSA) is 67.0 Å². The van der Waals surface area contributed by atoms with E-state index in [0.717, 1.165) is 17.5 Å². The monoisotopic (exact) mass is 245 g/mol. The van der Waals surface area contributed by atoms with Crippen LogP contribution >= 0.6 is 0 Å². The number of H-pyrrole nitrogens is 1. The maximum atomic E-state index is 11.8. The van der Waals surface area contributed by atoms with Gasteiger partial charge < -0.3 is 15.0 Å². The molecule has 2 rings (SSSR count). The number of hydrogen-bond acceptors (Lipinski definition) is 3. The van der Waals surface area contributed by atoms with Crippen LogP contribution in [-0.4, -0.2) is 29.0 Å². The summed E-state index contributed by atoms with van der Waals surface area (Å²) in [6.07, 6.45) is 3.76. The first-order valence-corrected chi connectivity index (χ1v) is 5.75. The number of fused-ring (bicyclic) bond motifs is 1. The quantitative estimate of drug-likeness (QED) is 0.603. The van der Waals surface area contributed by atoms with Gasteiger partial charge >= 0.3 is 0 Å². The summed E-state index contributed by atoms with van der Waals surface area (Å²) in [6.45, 7) is 4.58. The fourth-order valence-corrected chi connectivity index (χ4v) is 1.62. The minimum atomic E-state index is -0.0925. The van der Waals surface area contributed by atoms with Crippen LogP contribution in [0.2, 0.25) is 0 Å². The summed E-state index contributed by atoms with van der Waals surface area (Å²) in [5.41, 5.74) is 2.33. The maximum absolute atomic E-state index is 11.8. The molecule has 1 aromatic carbocycles. The highest BCUT2D eigenvalue weighted by Crippen LogP contribution is 2.11. The lowest BCUT2D eigenvalue weighted by atomic mass is 10.2. The molecule has 0 aliphatic carbocycles. The standard InChI is InChI=1S/C13H15N3O2/c1-2-18-7-3-6-14-13(17)10-4-5-11-12(8-10)16-9-15-11/h2,4-5,8-9H,1,3,6-7H2,(H,14,17)(H,15,16). The zero-order chi connectivity index (χ0) is 12.8. The first kappa shape index (κ1) is 12.2. The van der Waals surface area contributed by atoms with E-state index in [1.54, 1.807) is 18.5 Å². The van der Waals surface area contributed by atoms with Gasteiger partial charge in [0.1, 0.15) is 0 Å². The molecule has 94 valence electrons. The molecule has 1 heterocycles. The molecule has 2 N–H and O–H groups in total. The van der Waals surface area contributed by atoms with Gasteiger partial charge in [-0.2, -0.15) is 0 Å². The van der Waals surface area contributed by atoms with Crippen molar-refractivity contribution in [2.45, 2.75) is 6.42 Å². The van der Waals surface area contributed by atoms with Crippen molar-refractivity contribution in [1.82, 2.24) is 15.3 Å². The van der Waals surface area contributed by atoms with Crippen LogP contribution in [0.1, 0.15) is 16.8 Å². The largest absolute Gasteiger partial charge is 0.502 e. The smallest absolute Gasteiger partial charge is 0.251 e. The number of nitrogens with one attached hydrogen (secondary N) is 2. The molecule has 0 spiro atoms. The second-order valence-corrected chi connectivity index (χ2v) is 3.78. The van der Waals surface area contributed by atoms with Gasteiger partial charge in [0, 0.05) is 12.1 Å². The fourth-order valence-electron chi connectivity index (χ4n) is 1.62. The van der Waals surface area contributed by atoms with Crippen molar-refractivity contribution >= 4 is 16.9 Å². The highest BCUT2D eigenvalue weighted by Gasteiger charge is 2.06. The van der Waals surface area contributed by atoms with Gasteiger partial charge in [0.2, 0.25) is 0 Å². The molecule has 0 unspecified atom stereocenters. The van der Waals surface area contributed by atoms with Crippen LogP contribution in [0.15, 0.2) is 37.4 Å². The lowest BCUT2D eigenvalue weighted by Crippen LogP contribution is -2.25. The minimum absolute atomic E-state index is 0.0925. The number of carbonyl (C=O) groups is 1. The summed E-state index contributed by atoms with van der Waals surface area (Å²) >= 11 is 0. The first-order valence-electron chi connectivity index (χ1n) is 5.75. The lowest BCUT2D eigenvalue weighted by molar-refractivity contribution is 0.0950. The second kappa shape index (κ2) is 5.86. The van der Waals surface area contributed by atoms with Gasteiger partial charge in [-0.25, -0.2) is 4.98 Å². The molecule has 0 bridgehead atoms. The molecule has 0 saturated heterocycles. The van der Waals surface area contributed by atoms with Gasteiger partial charge in [0.15, 0.2) is 0 Å². The average Bonchev–Trinajstić information content (AvgIpc) is 2.85. The summed E-state index contributed by atoms with van der Waals surface area (Å²) in [5, 5.41) is 2.83. The van der Waals surface area contributed by atoms with Gasteiger partial charge in [-0.1, -0.05) is 6.58 Å². The van der Waals surface area contributed by atoms with Crippen LogP contribution in [0, 0.1) is 0 Å². The molecule has 0 atom stereocenters. The Kier molecular flexibility index (Phi) is 3.96. The van der Waals surface area contributed by atoms with Crippen LogP contribution in [0.25, 0.3) is 11.0 Å². The Morgan fingerprint density at radius 1 is 1.56 bits per heavy atom. The molecule has 5 heteroatoms. The Labute approximate surface area is 105 Å². The van der Waals surface area contributed by atoms with E-state index >= 15 is 0 Å². The van der Waals surface area contributed by atoms with Crippen molar-refractivity contribution in [3.05, 3.63) is 42.9 Å². The number of imidazole rings is 1. The molecule has 2 aromatic rings. The lowest BCUT2D eigenvalue weighted by Gasteiger charge is -2.05. The van der Waals surface area contributed by atoms with Gasteiger partial charge in [0.25, 0.3) is 5.91 Å². The Bertz CT molecular complexity index is 548. The van der Waals surface area contributed by atoms with E-state index in [1.165, 1.54) is 6.26 Å². The van der Waals surface area contributed by atoms with Gasteiger partial charge in [-0.05, 0) is 24.6 Å². The van der Waals surface area contributed by atoms with Crippen LogP contribution in [0.4, 0.5) is 0 Å². The summed E-state index contributed by atoms with van der Waals surface area (Å²) in [5.74, 6) is -0.0925. The van der Waals surface area contributed by atoms with E-state index in [4.69, 9.17) is 4.74 Å². The molecule has 5 nitrogen and oxygen atoms in total. The Morgan fingerprint density at radius 3 is 3.28 bits per heavy atom. The van der Waals surface area contributed by atoms with Crippen molar-refractivity contribution in [1.29, 1.82) is 0 Å². The number of aromatic nitrogens is 2. The summed E-state index contributed by atoms with van der Waals surface area (Å²) < 4.78 is 4.97. The van der Waals surface area contributed by atoms with Crippen molar-refractivity contribution in [3.63, 3.8) is 0 Å². The van der Waals surface area contributed by atoms with E-state index in [0.29, 0.717) is 18.7 Å². The van der Waals surface area contributed by atoms with Crippen LogP contribution < -0.4 is 5.32 Å². The summed E-state index contributed by atoms with van der Waals surface area (Å²) in [4.78, 5) is 18.9. The molecular weight excluding hydrogens is 230 g/mol. The van der Waals surface area contributed by atoms with E-state index in [2.05, 4.69) is 21.9 Å². The van der Waals surface area contributed by atoms with E-state index in [1.807, 2.05) is 6.07 Å². The molecule has 18 heavy (non-hydrogen) atoms. The zero-order valence-electron chi connectivity index (χ0n) is 9.98. The predicted octanol–water partition coefficient (Wildman–Crippen LogP) is 1.84. The Balaban J connectivity index is 1.89. The van der Waals surface area contributed by atoms with Crippen molar-refractivity contribution in [2.75, 3.05) is 13.2 Å². The van der Waals surface area contributed by atoms with Gasteiger partial charge in [-0.3, -0.25) is 4.79 Å². The number of rotatable bonds is 6. The molecule has 1 aromatic heterocycles. The first-order chi connectivity index (χ1) is 8.81.